The van der Waals surface area contributed by atoms with Gasteiger partial charge in [-0.05, 0) is 53.4 Å². The molecule has 112 valence electrons. The molecule has 0 unspecified atom stereocenters. The van der Waals surface area contributed by atoms with Crippen LogP contribution in [0.15, 0.2) is 0 Å². The van der Waals surface area contributed by atoms with Crippen molar-refractivity contribution in [1.82, 2.24) is 5.06 Å². The van der Waals surface area contributed by atoms with Crippen molar-refractivity contribution in [2.75, 3.05) is 0 Å². The third-order valence-corrected chi connectivity index (χ3v) is 4.47. The van der Waals surface area contributed by atoms with Crippen molar-refractivity contribution in [3.63, 3.8) is 0 Å². The Labute approximate surface area is 116 Å². The van der Waals surface area contributed by atoms with E-state index in [1.807, 2.05) is 5.06 Å². The van der Waals surface area contributed by atoms with Gasteiger partial charge in [0.25, 0.3) is 0 Å². The summed E-state index contributed by atoms with van der Waals surface area (Å²) in [7, 11) is 0. The molecule has 2 N–H and O–H groups in total. The topological polar surface area (TPSA) is 52.9 Å². The first-order chi connectivity index (χ1) is 8.65. The monoisotopic (exact) mass is 271 g/mol. The maximum absolute atomic E-state index is 10.6. The van der Waals surface area contributed by atoms with Gasteiger partial charge in [-0.2, -0.15) is 5.06 Å². The van der Waals surface area contributed by atoms with Gasteiger partial charge in [0, 0.05) is 23.9 Å². The Hall–Kier alpha value is -0.160. The Bertz CT molecular complexity index is 303. The second-order valence-corrected chi connectivity index (χ2v) is 7.58. The van der Waals surface area contributed by atoms with Crippen molar-refractivity contribution in [2.24, 2.45) is 0 Å². The van der Waals surface area contributed by atoms with E-state index in [-0.39, 0.29) is 17.2 Å². The first kappa shape index (κ1) is 15.2. The minimum absolute atomic E-state index is 0.270. The Kier molecular flexibility index (Phi) is 4.00. The molecular formula is C15H29NO3. The minimum Gasteiger partial charge on any atom is -0.393 e. The summed E-state index contributed by atoms with van der Waals surface area (Å²) in [5.41, 5.74) is -0.539. The van der Waals surface area contributed by atoms with Crippen LogP contribution in [0.3, 0.4) is 0 Å². The van der Waals surface area contributed by atoms with Crippen LogP contribution in [0.5, 0.6) is 0 Å². The predicted molar refractivity (Wildman–Crippen MR) is 74.4 cm³/mol. The van der Waals surface area contributed by atoms with Crippen molar-refractivity contribution in [2.45, 2.75) is 95.6 Å². The van der Waals surface area contributed by atoms with Crippen LogP contribution in [0, 0.1) is 0 Å². The highest BCUT2D eigenvalue weighted by Gasteiger charge is 2.49. The zero-order valence-corrected chi connectivity index (χ0v) is 12.8. The normalized spacial score (nSPS) is 31.3. The molecule has 0 aromatic carbocycles. The molecule has 1 saturated carbocycles. The van der Waals surface area contributed by atoms with Crippen LogP contribution >= 0.6 is 0 Å². The van der Waals surface area contributed by atoms with E-state index in [4.69, 9.17) is 4.84 Å². The molecule has 0 spiro atoms. The standard InChI is InChI=1S/C15H29NO3/c1-13(2)10-12(17)11-14(3,4)16(13)19-15(18)8-6-5-7-9-15/h12,17-18H,5-11H2,1-4H3. The van der Waals surface area contributed by atoms with Gasteiger partial charge < -0.3 is 10.2 Å². The number of aliphatic hydroxyl groups is 2. The van der Waals surface area contributed by atoms with Gasteiger partial charge >= 0.3 is 0 Å². The molecule has 0 amide bonds. The summed E-state index contributed by atoms with van der Waals surface area (Å²) >= 11 is 0. The van der Waals surface area contributed by atoms with Crippen molar-refractivity contribution in [1.29, 1.82) is 0 Å². The van der Waals surface area contributed by atoms with Crippen molar-refractivity contribution < 1.29 is 15.1 Å². The molecule has 1 aliphatic carbocycles. The van der Waals surface area contributed by atoms with E-state index in [0.717, 1.165) is 12.8 Å². The Morgan fingerprint density at radius 1 is 0.947 bits per heavy atom. The fraction of sp³-hybridized carbons (Fsp3) is 1.00. The summed E-state index contributed by atoms with van der Waals surface area (Å²) in [5.74, 6) is -1.02. The van der Waals surface area contributed by atoms with Crippen LogP contribution in [0.2, 0.25) is 0 Å². The van der Waals surface area contributed by atoms with Gasteiger partial charge in [0.05, 0.1) is 6.10 Å². The van der Waals surface area contributed by atoms with Gasteiger partial charge in [-0.3, -0.25) is 4.84 Å². The number of rotatable bonds is 2. The molecule has 0 bridgehead atoms. The molecule has 2 aliphatic rings. The van der Waals surface area contributed by atoms with E-state index in [9.17, 15) is 10.2 Å². The maximum atomic E-state index is 10.6. The molecule has 1 saturated heterocycles. The van der Waals surface area contributed by atoms with Crippen molar-refractivity contribution in [3.8, 4) is 0 Å². The molecule has 4 heteroatoms. The summed E-state index contributed by atoms with van der Waals surface area (Å²) in [4.78, 5) is 6.08. The SMILES string of the molecule is CC1(C)CC(O)CC(C)(C)N1OC1(O)CCCCC1. The summed E-state index contributed by atoms with van der Waals surface area (Å²) in [6, 6.07) is 0. The van der Waals surface area contributed by atoms with Crippen LogP contribution in [0.1, 0.15) is 72.6 Å². The lowest BCUT2D eigenvalue weighted by molar-refractivity contribution is -0.401. The Balaban J connectivity index is 2.15. The second-order valence-electron chi connectivity index (χ2n) is 7.58. The summed E-state index contributed by atoms with van der Waals surface area (Å²) in [5, 5.41) is 22.6. The van der Waals surface area contributed by atoms with E-state index >= 15 is 0 Å². The number of aliphatic hydroxyl groups excluding tert-OH is 1. The number of hydroxylamine groups is 2. The van der Waals surface area contributed by atoms with E-state index in [1.165, 1.54) is 6.42 Å². The van der Waals surface area contributed by atoms with E-state index in [0.29, 0.717) is 25.7 Å². The van der Waals surface area contributed by atoms with Gasteiger partial charge in [0.15, 0.2) is 5.79 Å². The van der Waals surface area contributed by atoms with Gasteiger partial charge in [-0.15, -0.1) is 0 Å². The summed E-state index contributed by atoms with van der Waals surface area (Å²) < 4.78 is 0. The van der Waals surface area contributed by atoms with Crippen LogP contribution in [-0.2, 0) is 4.84 Å². The summed E-state index contributed by atoms with van der Waals surface area (Å²) in [6.07, 6.45) is 5.68. The summed E-state index contributed by atoms with van der Waals surface area (Å²) in [6.45, 7) is 8.29. The minimum atomic E-state index is -1.02. The molecule has 1 heterocycles. The maximum Gasteiger partial charge on any atom is 0.185 e. The second kappa shape index (κ2) is 4.99. The highest BCUT2D eigenvalue weighted by Crippen LogP contribution is 2.42. The fourth-order valence-electron chi connectivity index (χ4n) is 3.82. The quantitative estimate of drug-likeness (QED) is 0.758. The highest BCUT2D eigenvalue weighted by atomic mass is 16.8. The van der Waals surface area contributed by atoms with Crippen molar-refractivity contribution >= 4 is 0 Å². The average molecular weight is 271 g/mol. The van der Waals surface area contributed by atoms with E-state index < -0.39 is 5.79 Å². The third kappa shape index (κ3) is 3.30. The molecule has 0 atom stereocenters. The highest BCUT2D eigenvalue weighted by molar-refractivity contribution is 4.97. The molecule has 0 aromatic rings. The van der Waals surface area contributed by atoms with Crippen LogP contribution in [0.25, 0.3) is 0 Å². The number of nitrogens with zero attached hydrogens (tertiary/aromatic N) is 1. The molecule has 0 radical (unpaired) electrons. The fourth-order valence-corrected chi connectivity index (χ4v) is 3.82. The zero-order valence-electron chi connectivity index (χ0n) is 12.8. The van der Waals surface area contributed by atoms with Gasteiger partial charge in [-0.25, -0.2) is 0 Å². The lowest BCUT2D eigenvalue weighted by Crippen LogP contribution is -2.64. The first-order valence-electron chi connectivity index (χ1n) is 7.55. The Morgan fingerprint density at radius 2 is 1.42 bits per heavy atom. The molecule has 19 heavy (non-hydrogen) atoms. The van der Waals surface area contributed by atoms with Gasteiger partial charge in [0.2, 0.25) is 0 Å². The number of piperidine rings is 1. The van der Waals surface area contributed by atoms with Gasteiger partial charge in [0.1, 0.15) is 0 Å². The predicted octanol–water partition coefficient (Wildman–Crippen LogP) is 2.58. The van der Waals surface area contributed by atoms with E-state index in [1.54, 1.807) is 0 Å². The first-order valence-corrected chi connectivity index (χ1v) is 7.55. The average Bonchev–Trinajstić information content (AvgIpc) is 2.23. The molecule has 2 fully saturated rings. The Morgan fingerprint density at radius 3 is 1.89 bits per heavy atom. The van der Waals surface area contributed by atoms with Crippen LogP contribution in [0.4, 0.5) is 0 Å². The van der Waals surface area contributed by atoms with E-state index in [2.05, 4.69) is 27.7 Å². The number of hydrogen-bond donors (Lipinski definition) is 2. The zero-order chi connectivity index (χ0) is 14.3. The molecular weight excluding hydrogens is 242 g/mol. The largest absolute Gasteiger partial charge is 0.393 e. The molecule has 2 rings (SSSR count). The third-order valence-electron chi connectivity index (χ3n) is 4.47. The molecule has 4 nitrogen and oxygen atoms in total. The van der Waals surface area contributed by atoms with Crippen LogP contribution in [-0.4, -0.2) is 38.2 Å². The lowest BCUT2D eigenvalue weighted by atomic mass is 9.80. The molecule has 1 aliphatic heterocycles. The molecule has 0 aromatic heterocycles. The smallest absolute Gasteiger partial charge is 0.185 e. The van der Waals surface area contributed by atoms with Crippen molar-refractivity contribution in [3.05, 3.63) is 0 Å². The lowest BCUT2D eigenvalue weighted by Gasteiger charge is -2.55. The van der Waals surface area contributed by atoms with Gasteiger partial charge in [-0.1, -0.05) is 6.42 Å². The van der Waals surface area contributed by atoms with Crippen LogP contribution < -0.4 is 0 Å². The number of hydrogen-bond acceptors (Lipinski definition) is 4.